The third-order valence-electron chi connectivity index (χ3n) is 4.89. The number of hydrogen-bond acceptors (Lipinski definition) is 3. The van der Waals surface area contributed by atoms with Crippen LogP contribution in [0.15, 0.2) is 53.4 Å². The van der Waals surface area contributed by atoms with Gasteiger partial charge in [-0.25, -0.2) is 13.1 Å². The second kappa shape index (κ2) is 7.82. The molecule has 2 atom stereocenters. The highest BCUT2D eigenvalue weighted by molar-refractivity contribution is 7.89. The predicted molar refractivity (Wildman–Crippen MR) is 108 cm³/mol. The first kappa shape index (κ1) is 19.6. The van der Waals surface area contributed by atoms with Crippen LogP contribution >= 0.6 is 0 Å². The van der Waals surface area contributed by atoms with Crippen molar-refractivity contribution in [1.82, 2.24) is 4.72 Å². The van der Waals surface area contributed by atoms with E-state index in [4.69, 9.17) is 0 Å². The SMILES string of the molecule is CCC[C@H](C)NS(=O)(=O)c1ccc2c(c1)C[C@@H](C)N2C(=O)c1ccccc1. The number of carbonyl (C=O) groups excluding carboxylic acids is 1. The maximum absolute atomic E-state index is 12.9. The number of rotatable bonds is 6. The van der Waals surface area contributed by atoms with E-state index >= 15 is 0 Å². The minimum Gasteiger partial charge on any atom is -0.305 e. The molecular formula is C21H26N2O3S. The molecule has 0 saturated carbocycles. The topological polar surface area (TPSA) is 66.5 Å². The summed E-state index contributed by atoms with van der Waals surface area (Å²) < 4.78 is 28.0. The Morgan fingerprint density at radius 1 is 1.22 bits per heavy atom. The first-order valence-corrected chi connectivity index (χ1v) is 10.9. The van der Waals surface area contributed by atoms with Crippen LogP contribution in [-0.2, 0) is 16.4 Å². The molecule has 5 nitrogen and oxygen atoms in total. The van der Waals surface area contributed by atoms with Crippen molar-refractivity contribution in [3.05, 3.63) is 59.7 Å². The minimum atomic E-state index is -3.56. The standard InChI is InChI=1S/C21H26N2O3S/c1-4-8-15(2)22-27(25,26)19-11-12-20-18(14-19)13-16(3)23(20)21(24)17-9-6-5-7-10-17/h5-7,9-12,14-16,22H,4,8,13H2,1-3H3/t15-,16+/m0/s1. The van der Waals surface area contributed by atoms with Crippen molar-refractivity contribution in [1.29, 1.82) is 0 Å². The van der Waals surface area contributed by atoms with Crippen LogP contribution in [0.25, 0.3) is 0 Å². The van der Waals surface area contributed by atoms with Crippen LogP contribution in [0.5, 0.6) is 0 Å². The molecule has 1 amide bonds. The number of benzene rings is 2. The first-order valence-electron chi connectivity index (χ1n) is 9.37. The van der Waals surface area contributed by atoms with Crippen LogP contribution in [0, 0.1) is 0 Å². The number of hydrogen-bond donors (Lipinski definition) is 1. The van der Waals surface area contributed by atoms with E-state index in [9.17, 15) is 13.2 Å². The average Bonchev–Trinajstić information content (AvgIpc) is 2.96. The maximum atomic E-state index is 12.9. The van der Waals surface area contributed by atoms with Crippen molar-refractivity contribution in [3.8, 4) is 0 Å². The van der Waals surface area contributed by atoms with Crippen molar-refractivity contribution >= 4 is 21.6 Å². The Hall–Kier alpha value is -2.18. The highest BCUT2D eigenvalue weighted by Crippen LogP contribution is 2.35. The zero-order valence-corrected chi connectivity index (χ0v) is 16.8. The maximum Gasteiger partial charge on any atom is 0.258 e. The van der Waals surface area contributed by atoms with Gasteiger partial charge in [0.25, 0.3) is 5.91 Å². The molecule has 27 heavy (non-hydrogen) atoms. The van der Waals surface area contributed by atoms with Gasteiger partial charge in [-0.3, -0.25) is 4.79 Å². The lowest BCUT2D eigenvalue weighted by atomic mass is 10.1. The lowest BCUT2D eigenvalue weighted by Gasteiger charge is -2.23. The van der Waals surface area contributed by atoms with E-state index in [0.717, 1.165) is 24.1 Å². The van der Waals surface area contributed by atoms with Crippen molar-refractivity contribution in [3.63, 3.8) is 0 Å². The number of fused-ring (bicyclic) bond motifs is 1. The fourth-order valence-corrected chi connectivity index (χ4v) is 4.96. The Labute approximate surface area is 161 Å². The van der Waals surface area contributed by atoms with Crippen LogP contribution in [0.4, 0.5) is 5.69 Å². The molecule has 1 aliphatic rings. The normalized spacial score (nSPS) is 17.6. The predicted octanol–water partition coefficient (Wildman–Crippen LogP) is 3.74. The van der Waals surface area contributed by atoms with Crippen LogP contribution in [0.1, 0.15) is 49.5 Å². The van der Waals surface area contributed by atoms with Crippen molar-refractivity contribution in [2.24, 2.45) is 0 Å². The summed E-state index contributed by atoms with van der Waals surface area (Å²) in [5, 5.41) is 0. The molecule has 2 aromatic rings. The second-order valence-electron chi connectivity index (χ2n) is 7.20. The fraction of sp³-hybridized carbons (Fsp3) is 0.381. The summed E-state index contributed by atoms with van der Waals surface area (Å²) in [6.07, 6.45) is 2.35. The van der Waals surface area contributed by atoms with E-state index in [1.54, 1.807) is 35.2 Å². The Morgan fingerprint density at radius 3 is 2.59 bits per heavy atom. The minimum absolute atomic E-state index is 0.0161. The van der Waals surface area contributed by atoms with E-state index < -0.39 is 10.0 Å². The number of anilines is 1. The van der Waals surface area contributed by atoms with Gasteiger partial charge >= 0.3 is 0 Å². The Kier molecular flexibility index (Phi) is 5.67. The molecule has 0 bridgehead atoms. The summed E-state index contributed by atoms with van der Waals surface area (Å²) >= 11 is 0. The molecule has 0 radical (unpaired) electrons. The Balaban J connectivity index is 1.89. The van der Waals surface area contributed by atoms with E-state index in [1.807, 2.05) is 39.0 Å². The quantitative estimate of drug-likeness (QED) is 0.822. The lowest BCUT2D eigenvalue weighted by molar-refractivity contribution is 0.0981. The molecule has 2 aromatic carbocycles. The third-order valence-corrected chi connectivity index (χ3v) is 6.48. The van der Waals surface area contributed by atoms with Gasteiger partial charge in [0.1, 0.15) is 0 Å². The molecule has 0 aromatic heterocycles. The number of sulfonamides is 1. The second-order valence-corrected chi connectivity index (χ2v) is 8.91. The van der Waals surface area contributed by atoms with Gasteiger partial charge < -0.3 is 4.90 Å². The zero-order valence-electron chi connectivity index (χ0n) is 16.0. The van der Waals surface area contributed by atoms with E-state index in [-0.39, 0.29) is 22.9 Å². The van der Waals surface area contributed by atoms with Crippen LogP contribution in [0.2, 0.25) is 0 Å². The van der Waals surface area contributed by atoms with E-state index in [2.05, 4.69) is 4.72 Å². The van der Waals surface area contributed by atoms with Gasteiger partial charge in [0.05, 0.1) is 4.90 Å². The zero-order chi connectivity index (χ0) is 19.6. The molecule has 0 unspecified atom stereocenters. The summed E-state index contributed by atoms with van der Waals surface area (Å²) in [5.41, 5.74) is 2.30. The molecule has 1 heterocycles. The van der Waals surface area contributed by atoms with Gasteiger partial charge in [-0.2, -0.15) is 0 Å². The molecule has 0 spiro atoms. The molecule has 6 heteroatoms. The number of carbonyl (C=O) groups is 1. The average molecular weight is 387 g/mol. The number of nitrogens with zero attached hydrogens (tertiary/aromatic N) is 1. The van der Waals surface area contributed by atoms with Gasteiger partial charge in [-0.15, -0.1) is 0 Å². The van der Waals surface area contributed by atoms with E-state index in [0.29, 0.717) is 12.0 Å². The van der Waals surface area contributed by atoms with E-state index in [1.165, 1.54) is 0 Å². The largest absolute Gasteiger partial charge is 0.305 e. The Bertz CT molecular complexity index is 926. The molecule has 144 valence electrons. The van der Waals surface area contributed by atoms with Crippen LogP contribution in [0.3, 0.4) is 0 Å². The first-order chi connectivity index (χ1) is 12.8. The summed E-state index contributed by atoms with van der Waals surface area (Å²) in [5.74, 6) is -0.0628. The van der Waals surface area contributed by atoms with Gasteiger partial charge in [-0.05, 0) is 62.6 Å². The summed E-state index contributed by atoms with van der Waals surface area (Å²) in [6.45, 7) is 5.88. The third kappa shape index (κ3) is 4.06. The smallest absolute Gasteiger partial charge is 0.258 e. The Morgan fingerprint density at radius 2 is 1.93 bits per heavy atom. The van der Waals surface area contributed by atoms with Gasteiger partial charge in [0.15, 0.2) is 0 Å². The van der Waals surface area contributed by atoms with Gasteiger partial charge in [0.2, 0.25) is 10.0 Å². The molecule has 1 aliphatic heterocycles. The van der Waals surface area contributed by atoms with Crippen molar-refractivity contribution < 1.29 is 13.2 Å². The summed E-state index contributed by atoms with van der Waals surface area (Å²) in [4.78, 5) is 14.9. The number of nitrogens with one attached hydrogen (secondary N) is 1. The summed E-state index contributed by atoms with van der Waals surface area (Å²) in [6, 6.07) is 14.1. The van der Waals surface area contributed by atoms with Crippen LogP contribution < -0.4 is 9.62 Å². The van der Waals surface area contributed by atoms with Gasteiger partial charge in [-0.1, -0.05) is 31.5 Å². The number of amides is 1. The molecule has 1 N–H and O–H groups in total. The van der Waals surface area contributed by atoms with Crippen molar-refractivity contribution in [2.45, 2.75) is 57.0 Å². The lowest BCUT2D eigenvalue weighted by Crippen LogP contribution is -2.35. The molecule has 0 fully saturated rings. The van der Waals surface area contributed by atoms with Crippen LogP contribution in [-0.4, -0.2) is 26.4 Å². The molecular weight excluding hydrogens is 360 g/mol. The highest BCUT2D eigenvalue weighted by atomic mass is 32.2. The molecule has 3 rings (SSSR count). The van der Waals surface area contributed by atoms with Crippen molar-refractivity contribution in [2.75, 3.05) is 4.90 Å². The van der Waals surface area contributed by atoms with Gasteiger partial charge in [0, 0.05) is 23.3 Å². The fourth-order valence-electron chi connectivity index (χ4n) is 3.63. The molecule has 0 aliphatic carbocycles. The molecule has 0 saturated heterocycles. The summed E-state index contributed by atoms with van der Waals surface area (Å²) in [7, 11) is -3.56. The highest BCUT2D eigenvalue weighted by Gasteiger charge is 2.32. The monoisotopic (exact) mass is 386 g/mol.